The fraction of sp³-hybridized carbons (Fsp3) is 0.500. The predicted molar refractivity (Wildman–Crippen MR) is 52.9 cm³/mol. The van der Waals surface area contributed by atoms with Gasteiger partial charge in [0.2, 0.25) is 0 Å². The molecule has 0 aliphatic carbocycles. The number of carbonyl (C=O) groups excluding carboxylic acids is 1. The molecule has 4 nitrogen and oxygen atoms in total. The van der Waals surface area contributed by atoms with Gasteiger partial charge in [-0.3, -0.25) is 0 Å². The predicted octanol–water partition coefficient (Wildman–Crippen LogP) is 0.957. The Morgan fingerprint density at radius 3 is 3.00 bits per heavy atom. The maximum absolute atomic E-state index is 11.1. The highest BCUT2D eigenvalue weighted by Crippen LogP contribution is 2.00. The molecule has 1 heterocycles. The monoisotopic (exact) mass is 199 g/mol. The molecule has 2 amide bonds. The van der Waals surface area contributed by atoms with Gasteiger partial charge in [-0.05, 0) is 0 Å². The van der Waals surface area contributed by atoms with E-state index in [4.69, 9.17) is 0 Å². The molecule has 13 heavy (non-hydrogen) atoms. The molecule has 1 aromatic rings. The number of hydrogen-bond acceptors (Lipinski definition) is 3. The molecule has 0 spiro atoms. The Bertz CT molecular complexity index is 258. The number of amides is 2. The second-order valence-corrected chi connectivity index (χ2v) is 3.57. The largest absolute Gasteiger partial charge is 0.338 e. The summed E-state index contributed by atoms with van der Waals surface area (Å²) in [7, 11) is 3.44. The van der Waals surface area contributed by atoms with Crippen molar-refractivity contribution in [3.63, 3.8) is 0 Å². The number of urea groups is 1. The Hall–Kier alpha value is -1.10. The molecule has 1 rings (SSSR count). The van der Waals surface area contributed by atoms with Crippen molar-refractivity contribution in [1.29, 1.82) is 0 Å². The lowest BCUT2D eigenvalue weighted by atomic mass is 10.3. The van der Waals surface area contributed by atoms with Gasteiger partial charge in [-0.2, -0.15) is 0 Å². The van der Waals surface area contributed by atoms with Crippen molar-refractivity contribution >= 4 is 17.4 Å². The van der Waals surface area contributed by atoms with E-state index < -0.39 is 0 Å². The number of carbonyl (C=O) groups is 1. The molecule has 0 saturated heterocycles. The van der Waals surface area contributed by atoms with E-state index in [0.29, 0.717) is 6.54 Å². The second-order valence-electron chi connectivity index (χ2n) is 2.86. The Balaban J connectivity index is 2.18. The zero-order valence-electron chi connectivity index (χ0n) is 7.78. The van der Waals surface area contributed by atoms with Gasteiger partial charge in [0.05, 0.1) is 11.2 Å². The molecule has 0 aliphatic heterocycles. The topological polar surface area (TPSA) is 45.2 Å². The van der Waals surface area contributed by atoms with Gasteiger partial charge in [0, 0.05) is 32.4 Å². The van der Waals surface area contributed by atoms with E-state index in [1.807, 2.05) is 5.38 Å². The Labute approximate surface area is 81.6 Å². The van der Waals surface area contributed by atoms with Crippen molar-refractivity contribution in [3.05, 3.63) is 16.6 Å². The van der Waals surface area contributed by atoms with Crippen molar-refractivity contribution in [2.45, 2.75) is 6.42 Å². The first-order valence-corrected chi connectivity index (χ1v) is 4.96. The van der Waals surface area contributed by atoms with Gasteiger partial charge < -0.3 is 10.2 Å². The van der Waals surface area contributed by atoms with Crippen LogP contribution in [0.15, 0.2) is 10.9 Å². The fourth-order valence-electron chi connectivity index (χ4n) is 0.817. The first-order valence-electron chi connectivity index (χ1n) is 4.02. The number of nitrogens with one attached hydrogen (secondary N) is 1. The first kappa shape index (κ1) is 9.98. The van der Waals surface area contributed by atoms with Crippen molar-refractivity contribution in [2.24, 2.45) is 0 Å². The molecular weight excluding hydrogens is 186 g/mol. The van der Waals surface area contributed by atoms with Crippen LogP contribution in [0, 0.1) is 0 Å². The molecular formula is C8H13N3OS. The van der Waals surface area contributed by atoms with Crippen molar-refractivity contribution < 1.29 is 4.79 Å². The fourth-order valence-corrected chi connectivity index (χ4v) is 1.41. The third-order valence-electron chi connectivity index (χ3n) is 1.55. The van der Waals surface area contributed by atoms with Crippen LogP contribution < -0.4 is 5.32 Å². The molecule has 0 aromatic carbocycles. The van der Waals surface area contributed by atoms with Crippen molar-refractivity contribution in [2.75, 3.05) is 20.6 Å². The summed E-state index contributed by atoms with van der Waals surface area (Å²) in [4.78, 5) is 16.7. The molecule has 0 atom stereocenters. The molecule has 0 saturated carbocycles. The van der Waals surface area contributed by atoms with E-state index in [2.05, 4.69) is 10.3 Å². The van der Waals surface area contributed by atoms with Gasteiger partial charge >= 0.3 is 6.03 Å². The van der Waals surface area contributed by atoms with E-state index in [1.165, 1.54) is 4.90 Å². The quantitative estimate of drug-likeness (QED) is 0.788. The summed E-state index contributed by atoms with van der Waals surface area (Å²) >= 11 is 1.57. The van der Waals surface area contributed by atoms with Gasteiger partial charge in [0.15, 0.2) is 0 Å². The molecule has 1 N–H and O–H groups in total. The summed E-state index contributed by atoms with van der Waals surface area (Å²) in [5.74, 6) is 0. The van der Waals surface area contributed by atoms with Crippen LogP contribution in [0.4, 0.5) is 4.79 Å². The minimum Gasteiger partial charge on any atom is -0.338 e. The number of hydrogen-bond donors (Lipinski definition) is 1. The summed E-state index contributed by atoms with van der Waals surface area (Å²) < 4.78 is 0. The number of aromatic nitrogens is 1. The minimum atomic E-state index is -0.0600. The van der Waals surface area contributed by atoms with Gasteiger partial charge in [-0.1, -0.05) is 0 Å². The highest BCUT2D eigenvalue weighted by atomic mass is 32.1. The average molecular weight is 199 g/mol. The highest BCUT2D eigenvalue weighted by Gasteiger charge is 2.01. The third-order valence-corrected chi connectivity index (χ3v) is 2.18. The molecule has 72 valence electrons. The number of nitrogens with zero attached hydrogens (tertiary/aromatic N) is 2. The van der Waals surface area contributed by atoms with Crippen LogP contribution >= 0.6 is 11.3 Å². The SMILES string of the molecule is CN(C)C(=O)NCCc1cscn1. The molecule has 5 heteroatoms. The summed E-state index contributed by atoms with van der Waals surface area (Å²) in [6.07, 6.45) is 0.795. The second kappa shape index (κ2) is 4.81. The van der Waals surface area contributed by atoms with Gasteiger partial charge in [-0.15, -0.1) is 11.3 Å². The summed E-state index contributed by atoms with van der Waals surface area (Å²) in [5.41, 5.74) is 2.83. The van der Waals surface area contributed by atoms with Crippen LogP contribution in [-0.2, 0) is 6.42 Å². The molecule has 0 fully saturated rings. The lowest BCUT2D eigenvalue weighted by Gasteiger charge is -2.10. The van der Waals surface area contributed by atoms with E-state index in [-0.39, 0.29) is 6.03 Å². The highest BCUT2D eigenvalue weighted by molar-refractivity contribution is 7.07. The lowest BCUT2D eigenvalue weighted by molar-refractivity contribution is 0.217. The van der Waals surface area contributed by atoms with Crippen LogP contribution in [-0.4, -0.2) is 36.6 Å². The normalized spacial score (nSPS) is 9.69. The summed E-state index contributed by atoms with van der Waals surface area (Å²) in [6.45, 7) is 0.640. The average Bonchev–Trinajstić information content (AvgIpc) is 2.56. The molecule has 0 aliphatic rings. The van der Waals surface area contributed by atoms with Crippen LogP contribution in [0.3, 0.4) is 0 Å². The maximum atomic E-state index is 11.1. The molecule has 0 unspecified atom stereocenters. The smallest absolute Gasteiger partial charge is 0.316 e. The zero-order valence-corrected chi connectivity index (χ0v) is 8.60. The van der Waals surface area contributed by atoms with Crippen LogP contribution in [0.2, 0.25) is 0 Å². The Morgan fingerprint density at radius 1 is 1.69 bits per heavy atom. The van der Waals surface area contributed by atoms with Gasteiger partial charge in [0.1, 0.15) is 0 Å². The van der Waals surface area contributed by atoms with Crippen molar-refractivity contribution in [1.82, 2.24) is 15.2 Å². The Kier molecular flexibility index (Phi) is 3.70. The van der Waals surface area contributed by atoms with Crippen LogP contribution in [0.1, 0.15) is 5.69 Å². The number of rotatable bonds is 3. The standard InChI is InChI=1S/C8H13N3OS/c1-11(2)8(12)9-4-3-7-5-13-6-10-7/h5-6H,3-4H2,1-2H3,(H,9,12). The summed E-state index contributed by atoms with van der Waals surface area (Å²) in [6, 6.07) is -0.0600. The number of thiazole rings is 1. The zero-order chi connectivity index (χ0) is 9.68. The molecule has 1 aromatic heterocycles. The molecule has 0 bridgehead atoms. The maximum Gasteiger partial charge on any atom is 0.316 e. The van der Waals surface area contributed by atoms with Gasteiger partial charge in [-0.25, -0.2) is 9.78 Å². The summed E-state index contributed by atoms with van der Waals surface area (Å²) in [5, 5.41) is 4.76. The van der Waals surface area contributed by atoms with Crippen molar-refractivity contribution in [3.8, 4) is 0 Å². The molecule has 0 radical (unpaired) electrons. The third kappa shape index (κ3) is 3.42. The van der Waals surface area contributed by atoms with E-state index >= 15 is 0 Å². The lowest BCUT2D eigenvalue weighted by Crippen LogP contribution is -2.35. The van der Waals surface area contributed by atoms with Crippen LogP contribution in [0.25, 0.3) is 0 Å². The van der Waals surface area contributed by atoms with Crippen LogP contribution in [0.5, 0.6) is 0 Å². The minimum absolute atomic E-state index is 0.0600. The van der Waals surface area contributed by atoms with E-state index in [0.717, 1.165) is 12.1 Å². The van der Waals surface area contributed by atoms with E-state index in [9.17, 15) is 4.79 Å². The first-order chi connectivity index (χ1) is 6.20. The van der Waals surface area contributed by atoms with Gasteiger partial charge in [0.25, 0.3) is 0 Å². The van der Waals surface area contributed by atoms with E-state index in [1.54, 1.807) is 30.9 Å². The Morgan fingerprint density at radius 2 is 2.46 bits per heavy atom.